The highest BCUT2D eigenvalue weighted by atomic mass is 32.1. The largest absolute Gasteiger partial charge is 0.384 e. The Hall–Kier alpha value is -1.88. The Morgan fingerprint density at radius 3 is 2.94 bits per heavy atom. The smallest absolute Gasteiger partial charge is 0.121 e. The van der Waals surface area contributed by atoms with Crippen molar-refractivity contribution in [3.8, 4) is 11.3 Å². The van der Waals surface area contributed by atoms with E-state index in [-0.39, 0.29) is 0 Å². The maximum Gasteiger partial charge on any atom is 0.121 e. The van der Waals surface area contributed by atoms with Gasteiger partial charge in [0.1, 0.15) is 5.82 Å². The molecule has 0 fully saturated rings. The molecule has 2 aromatic heterocycles. The molecular weight excluding hydrogens is 220 g/mol. The van der Waals surface area contributed by atoms with Crippen LogP contribution in [-0.2, 0) is 7.05 Å². The minimum atomic E-state index is 0.661. The third-order valence-corrected chi connectivity index (χ3v) is 3.35. The fourth-order valence-corrected chi connectivity index (χ4v) is 2.30. The number of hydrogen-bond donors (Lipinski definition) is 1. The predicted molar refractivity (Wildman–Crippen MR) is 66.2 cm³/mol. The van der Waals surface area contributed by atoms with Crippen molar-refractivity contribution in [1.82, 2.24) is 14.8 Å². The summed E-state index contributed by atoms with van der Waals surface area (Å²) in [7, 11) is 1.83. The number of rotatable bonds is 1. The molecule has 5 heteroatoms. The van der Waals surface area contributed by atoms with Crippen molar-refractivity contribution >= 4 is 27.4 Å². The van der Waals surface area contributed by atoms with Crippen LogP contribution >= 0.6 is 11.3 Å². The van der Waals surface area contributed by atoms with Crippen LogP contribution in [0.15, 0.2) is 29.8 Å². The van der Waals surface area contributed by atoms with E-state index in [0.29, 0.717) is 5.82 Å². The van der Waals surface area contributed by atoms with Crippen LogP contribution < -0.4 is 5.73 Å². The Bertz CT molecular complexity index is 633. The summed E-state index contributed by atoms with van der Waals surface area (Å²) in [5.41, 5.74) is 10.5. The molecule has 0 atom stereocenters. The second-order valence-corrected chi connectivity index (χ2v) is 4.50. The van der Waals surface area contributed by atoms with E-state index in [9.17, 15) is 0 Å². The molecule has 80 valence electrons. The summed E-state index contributed by atoms with van der Waals surface area (Å²) < 4.78 is 2.85. The third kappa shape index (κ3) is 1.37. The van der Waals surface area contributed by atoms with Crippen molar-refractivity contribution in [3.63, 3.8) is 0 Å². The predicted octanol–water partition coefficient (Wildman–Crippen LogP) is 2.28. The summed E-state index contributed by atoms with van der Waals surface area (Å²) >= 11 is 1.64. The van der Waals surface area contributed by atoms with Gasteiger partial charge in [-0.25, -0.2) is 4.98 Å². The van der Waals surface area contributed by atoms with E-state index in [4.69, 9.17) is 5.73 Å². The number of nitrogens with two attached hydrogens (primary N) is 1. The monoisotopic (exact) mass is 230 g/mol. The number of thiazole rings is 1. The molecule has 0 saturated heterocycles. The lowest BCUT2D eigenvalue weighted by atomic mass is 10.1. The highest BCUT2D eigenvalue weighted by molar-refractivity contribution is 7.16. The third-order valence-electron chi connectivity index (χ3n) is 2.54. The first-order chi connectivity index (χ1) is 7.74. The van der Waals surface area contributed by atoms with E-state index >= 15 is 0 Å². The van der Waals surface area contributed by atoms with Gasteiger partial charge in [0.25, 0.3) is 0 Å². The first-order valence-corrected chi connectivity index (χ1v) is 5.75. The molecule has 2 N–H and O–H groups in total. The van der Waals surface area contributed by atoms with Gasteiger partial charge in [0.15, 0.2) is 0 Å². The second-order valence-electron chi connectivity index (χ2n) is 3.61. The number of anilines is 1. The lowest BCUT2D eigenvalue weighted by molar-refractivity contribution is 0.782. The number of nitrogens with zero attached hydrogens (tertiary/aromatic N) is 3. The van der Waals surface area contributed by atoms with Crippen LogP contribution in [0.1, 0.15) is 0 Å². The zero-order chi connectivity index (χ0) is 11.1. The van der Waals surface area contributed by atoms with Gasteiger partial charge in [-0.1, -0.05) is 6.07 Å². The van der Waals surface area contributed by atoms with Gasteiger partial charge in [0.2, 0.25) is 0 Å². The van der Waals surface area contributed by atoms with Crippen molar-refractivity contribution in [2.45, 2.75) is 0 Å². The molecule has 3 rings (SSSR count). The number of hydrogen-bond acceptors (Lipinski definition) is 4. The minimum Gasteiger partial charge on any atom is -0.384 e. The Labute approximate surface area is 96.3 Å². The molecule has 0 amide bonds. The fourth-order valence-electron chi connectivity index (χ4n) is 1.64. The SMILES string of the molecule is Cn1nc(-c2ccc3scnc3c2)cc1N. The molecule has 0 aliphatic rings. The number of nitrogen functional groups attached to an aromatic ring is 1. The highest BCUT2D eigenvalue weighted by Gasteiger charge is 2.06. The average molecular weight is 230 g/mol. The van der Waals surface area contributed by atoms with Gasteiger partial charge < -0.3 is 5.73 Å². The molecule has 0 aliphatic heterocycles. The number of aromatic nitrogens is 3. The summed E-state index contributed by atoms with van der Waals surface area (Å²) in [4.78, 5) is 4.29. The molecule has 4 nitrogen and oxygen atoms in total. The van der Waals surface area contributed by atoms with Crippen molar-refractivity contribution < 1.29 is 0 Å². The van der Waals surface area contributed by atoms with Crippen LogP contribution in [0.5, 0.6) is 0 Å². The van der Waals surface area contributed by atoms with Gasteiger partial charge in [-0.15, -0.1) is 11.3 Å². The van der Waals surface area contributed by atoms with Crippen molar-refractivity contribution in [2.75, 3.05) is 5.73 Å². The molecule has 3 aromatic rings. The first kappa shape index (κ1) is 9.35. The maximum atomic E-state index is 5.76. The second kappa shape index (κ2) is 3.31. The molecule has 0 bridgehead atoms. The summed E-state index contributed by atoms with van der Waals surface area (Å²) in [6.45, 7) is 0. The molecule has 1 aromatic carbocycles. The topological polar surface area (TPSA) is 56.7 Å². The summed E-state index contributed by atoms with van der Waals surface area (Å²) in [6.07, 6.45) is 0. The van der Waals surface area contributed by atoms with Gasteiger partial charge in [-0.05, 0) is 12.1 Å². The standard InChI is InChI=1S/C11H10N4S/c1-15-11(12)5-8(14-15)7-2-3-10-9(4-7)13-6-16-10/h2-6H,12H2,1H3. The number of fused-ring (bicyclic) bond motifs is 1. The van der Waals surface area contributed by atoms with Gasteiger partial charge in [0, 0.05) is 18.7 Å². The average Bonchev–Trinajstić information content (AvgIpc) is 2.85. The Kier molecular flexibility index (Phi) is 1.94. The van der Waals surface area contributed by atoms with Gasteiger partial charge in [-0.3, -0.25) is 4.68 Å². The van der Waals surface area contributed by atoms with Crippen LogP contribution in [0, 0.1) is 0 Å². The number of aryl methyl sites for hydroxylation is 1. The van der Waals surface area contributed by atoms with E-state index in [1.165, 1.54) is 4.70 Å². The van der Waals surface area contributed by atoms with Crippen molar-refractivity contribution in [2.24, 2.45) is 7.05 Å². The quantitative estimate of drug-likeness (QED) is 0.697. The summed E-state index contributed by atoms with van der Waals surface area (Å²) in [6, 6.07) is 8.01. The van der Waals surface area contributed by atoms with Crippen LogP contribution in [0.2, 0.25) is 0 Å². The van der Waals surface area contributed by atoms with E-state index in [0.717, 1.165) is 16.8 Å². The van der Waals surface area contributed by atoms with Crippen molar-refractivity contribution in [1.29, 1.82) is 0 Å². The fraction of sp³-hybridized carbons (Fsp3) is 0.0909. The molecule has 0 saturated carbocycles. The number of benzene rings is 1. The summed E-state index contributed by atoms with van der Waals surface area (Å²) in [5.74, 6) is 0.661. The first-order valence-electron chi connectivity index (χ1n) is 4.87. The lowest BCUT2D eigenvalue weighted by Gasteiger charge is -1.95. The normalized spacial score (nSPS) is 11.1. The molecule has 2 heterocycles. The van der Waals surface area contributed by atoms with E-state index < -0.39 is 0 Å². The molecule has 0 unspecified atom stereocenters. The van der Waals surface area contributed by atoms with E-state index in [1.807, 2.05) is 30.8 Å². The highest BCUT2D eigenvalue weighted by Crippen LogP contribution is 2.25. The zero-order valence-corrected chi connectivity index (χ0v) is 9.53. The van der Waals surface area contributed by atoms with Crippen LogP contribution in [0.3, 0.4) is 0 Å². The Balaban J connectivity index is 2.17. The molecule has 0 aliphatic carbocycles. The molecular formula is C11H10N4S. The van der Waals surface area contributed by atoms with Gasteiger partial charge in [-0.2, -0.15) is 5.10 Å². The van der Waals surface area contributed by atoms with E-state index in [2.05, 4.69) is 16.1 Å². The Morgan fingerprint density at radius 2 is 2.19 bits per heavy atom. The molecule has 16 heavy (non-hydrogen) atoms. The van der Waals surface area contributed by atoms with Crippen LogP contribution in [0.4, 0.5) is 5.82 Å². The van der Waals surface area contributed by atoms with Gasteiger partial charge >= 0.3 is 0 Å². The van der Waals surface area contributed by atoms with Gasteiger partial charge in [0.05, 0.1) is 21.4 Å². The van der Waals surface area contributed by atoms with E-state index in [1.54, 1.807) is 16.0 Å². The summed E-state index contributed by atoms with van der Waals surface area (Å²) in [5, 5.41) is 4.34. The van der Waals surface area contributed by atoms with Crippen LogP contribution in [-0.4, -0.2) is 14.8 Å². The maximum absolute atomic E-state index is 5.76. The van der Waals surface area contributed by atoms with Crippen LogP contribution in [0.25, 0.3) is 21.5 Å². The lowest BCUT2D eigenvalue weighted by Crippen LogP contribution is -1.96. The zero-order valence-electron chi connectivity index (χ0n) is 8.71. The van der Waals surface area contributed by atoms with Crippen molar-refractivity contribution in [3.05, 3.63) is 29.8 Å². The minimum absolute atomic E-state index is 0.661. The Morgan fingerprint density at radius 1 is 1.31 bits per heavy atom. The molecule has 0 spiro atoms. The molecule has 0 radical (unpaired) electrons.